The topological polar surface area (TPSA) is 38.3 Å². The van der Waals surface area contributed by atoms with Crippen molar-refractivity contribution in [1.82, 2.24) is 5.32 Å². The van der Waals surface area contributed by atoms with E-state index < -0.39 is 0 Å². The highest BCUT2D eigenvalue weighted by atomic mass is 16.5. The Morgan fingerprint density at radius 3 is 3.14 bits per heavy atom. The van der Waals surface area contributed by atoms with Crippen LogP contribution in [-0.4, -0.2) is 25.7 Å². The molecule has 1 atom stereocenters. The summed E-state index contributed by atoms with van der Waals surface area (Å²) in [6.07, 6.45) is 2.67. The van der Waals surface area contributed by atoms with Gasteiger partial charge in [0.25, 0.3) is 0 Å². The van der Waals surface area contributed by atoms with Gasteiger partial charge >= 0.3 is 0 Å². The zero-order chi connectivity index (χ0) is 10.2. The highest BCUT2D eigenvalue weighted by Crippen LogP contribution is 2.13. The minimum absolute atomic E-state index is 0.0540. The predicted molar refractivity (Wildman–Crippen MR) is 54.6 cm³/mol. The van der Waals surface area contributed by atoms with Gasteiger partial charge in [-0.25, -0.2) is 0 Å². The van der Waals surface area contributed by atoms with Gasteiger partial charge in [-0.2, -0.15) is 0 Å². The Balaban J connectivity index is 2.15. The van der Waals surface area contributed by atoms with Crippen LogP contribution >= 0.6 is 0 Å². The molecule has 0 saturated carbocycles. The Morgan fingerprint density at radius 2 is 2.50 bits per heavy atom. The third-order valence-corrected chi connectivity index (χ3v) is 2.26. The van der Waals surface area contributed by atoms with Crippen LogP contribution in [0.25, 0.3) is 0 Å². The molecule has 3 heteroatoms. The molecule has 1 unspecified atom stereocenters. The van der Waals surface area contributed by atoms with E-state index >= 15 is 0 Å². The maximum Gasteiger partial charge on any atom is 0.225 e. The third-order valence-electron chi connectivity index (χ3n) is 2.26. The fourth-order valence-corrected chi connectivity index (χ4v) is 1.47. The minimum atomic E-state index is 0.0540. The second-order valence-electron chi connectivity index (χ2n) is 3.38. The summed E-state index contributed by atoms with van der Waals surface area (Å²) in [5.41, 5.74) is 0. The van der Waals surface area contributed by atoms with Crippen LogP contribution in [0.1, 0.15) is 26.2 Å². The number of ether oxygens (including phenoxy) is 1. The largest absolute Gasteiger partial charge is 0.381 e. The van der Waals surface area contributed by atoms with E-state index in [0.717, 1.165) is 25.9 Å². The molecule has 1 amide bonds. The van der Waals surface area contributed by atoms with Crippen molar-refractivity contribution < 1.29 is 9.53 Å². The second kappa shape index (κ2) is 6.44. The number of rotatable bonds is 3. The van der Waals surface area contributed by atoms with E-state index in [4.69, 9.17) is 4.74 Å². The van der Waals surface area contributed by atoms with Crippen LogP contribution in [0.4, 0.5) is 0 Å². The lowest BCUT2D eigenvalue weighted by Gasteiger charge is -2.20. The first kappa shape index (κ1) is 11.1. The molecule has 0 aliphatic carbocycles. The first-order valence-electron chi connectivity index (χ1n) is 5.09. The molecule has 14 heavy (non-hydrogen) atoms. The van der Waals surface area contributed by atoms with Gasteiger partial charge in [0.05, 0.1) is 12.5 Å². The number of carbonyl (C=O) groups excluding carboxylic acids is 1. The molecular weight excluding hydrogens is 178 g/mol. The molecule has 1 N–H and O–H groups in total. The van der Waals surface area contributed by atoms with Crippen molar-refractivity contribution in [3.05, 3.63) is 0 Å². The van der Waals surface area contributed by atoms with Crippen LogP contribution in [-0.2, 0) is 9.53 Å². The maximum absolute atomic E-state index is 11.5. The summed E-state index contributed by atoms with van der Waals surface area (Å²) in [7, 11) is 0. The van der Waals surface area contributed by atoms with Crippen molar-refractivity contribution in [2.75, 3.05) is 19.8 Å². The van der Waals surface area contributed by atoms with E-state index in [0.29, 0.717) is 13.2 Å². The lowest BCUT2D eigenvalue weighted by atomic mass is 10.0. The van der Waals surface area contributed by atoms with E-state index in [1.807, 2.05) is 0 Å². The molecule has 0 spiro atoms. The number of carbonyl (C=O) groups is 1. The molecular formula is C11H17NO2. The Labute approximate surface area is 85.2 Å². The van der Waals surface area contributed by atoms with Crippen LogP contribution in [0.2, 0.25) is 0 Å². The number of nitrogens with one attached hydrogen (secondary N) is 1. The van der Waals surface area contributed by atoms with Gasteiger partial charge in [0, 0.05) is 19.6 Å². The zero-order valence-electron chi connectivity index (χ0n) is 8.64. The van der Waals surface area contributed by atoms with Gasteiger partial charge in [0.2, 0.25) is 5.91 Å². The van der Waals surface area contributed by atoms with Gasteiger partial charge < -0.3 is 10.1 Å². The molecule has 1 aliphatic heterocycles. The highest BCUT2D eigenvalue weighted by molar-refractivity contribution is 5.78. The highest BCUT2D eigenvalue weighted by Gasteiger charge is 2.20. The lowest BCUT2D eigenvalue weighted by molar-refractivity contribution is -0.128. The molecule has 0 aromatic rings. The van der Waals surface area contributed by atoms with Crippen molar-refractivity contribution >= 4 is 5.91 Å². The molecule has 1 fully saturated rings. The summed E-state index contributed by atoms with van der Waals surface area (Å²) in [6, 6.07) is 0. The van der Waals surface area contributed by atoms with Crippen LogP contribution in [0.15, 0.2) is 0 Å². The SMILES string of the molecule is CC#CCCNC(=O)C1CCCOC1. The summed E-state index contributed by atoms with van der Waals surface area (Å²) in [5.74, 6) is 5.87. The number of hydrogen-bond acceptors (Lipinski definition) is 2. The minimum Gasteiger partial charge on any atom is -0.381 e. The van der Waals surface area contributed by atoms with Gasteiger partial charge in [-0.3, -0.25) is 4.79 Å². The Hall–Kier alpha value is -1.01. The number of amides is 1. The maximum atomic E-state index is 11.5. The summed E-state index contributed by atoms with van der Waals surface area (Å²) < 4.78 is 5.24. The molecule has 0 radical (unpaired) electrons. The third kappa shape index (κ3) is 3.80. The average molecular weight is 195 g/mol. The first-order chi connectivity index (χ1) is 6.84. The standard InChI is InChI=1S/C11H17NO2/c1-2-3-4-7-12-11(13)10-6-5-8-14-9-10/h10H,4-9H2,1H3,(H,12,13). The molecule has 1 heterocycles. The fraction of sp³-hybridized carbons (Fsp3) is 0.727. The summed E-state index contributed by atoms with van der Waals surface area (Å²) in [5, 5.41) is 2.87. The zero-order valence-corrected chi connectivity index (χ0v) is 8.64. The molecule has 0 aromatic heterocycles. The molecule has 0 bridgehead atoms. The monoisotopic (exact) mass is 195 g/mol. The normalized spacial score (nSPS) is 20.8. The Bertz CT molecular complexity index is 233. The summed E-state index contributed by atoms with van der Waals surface area (Å²) >= 11 is 0. The number of hydrogen-bond donors (Lipinski definition) is 1. The van der Waals surface area contributed by atoms with Gasteiger partial charge in [-0.05, 0) is 19.8 Å². The van der Waals surface area contributed by atoms with E-state index in [1.165, 1.54) is 0 Å². The van der Waals surface area contributed by atoms with Crippen molar-refractivity contribution in [2.45, 2.75) is 26.2 Å². The van der Waals surface area contributed by atoms with Crippen molar-refractivity contribution in [3.8, 4) is 11.8 Å². The quantitative estimate of drug-likeness (QED) is 0.537. The molecule has 0 aromatic carbocycles. The van der Waals surface area contributed by atoms with Crippen LogP contribution < -0.4 is 5.32 Å². The van der Waals surface area contributed by atoms with Crippen LogP contribution in [0, 0.1) is 17.8 Å². The van der Waals surface area contributed by atoms with Crippen LogP contribution in [0.3, 0.4) is 0 Å². The van der Waals surface area contributed by atoms with Crippen molar-refractivity contribution in [1.29, 1.82) is 0 Å². The van der Waals surface area contributed by atoms with Gasteiger partial charge in [-0.15, -0.1) is 11.8 Å². The van der Waals surface area contributed by atoms with Crippen molar-refractivity contribution in [2.24, 2.45) is 5.92 Å². The molecule has 1 rings (SSSR count). The van der Waals surface area contributed by atoms with Gasteiger partial charge in [-0.1, -0.05) is 0 Å². The summed E-state index contributed by atoms with van der Waals surface area (Å²) in [6.45, 7) is 3.82. The molecule has 78 valence electrons. The van der Waals surface area contributed by atoms with E-state index in [-0.39, 0.29) is 11.8 Å². The lowest BCUT2D eigenvalue weighted by Crippen LogP contribution is -2.35. The molecule has 1 saturated heterocycles. The Morgan fingerprint density at radius 1 is 1.64 bits per heavy atom. The molecule has 1 aliphatic rings. The van der Waals surface area contributed by atoms with Gasteiger partial charge in [0.15, 0.2) is 0 Å². The van der Waals surface area contributed by atoms with Crippen LogP contribution in [0.5, 0.6) is 0 Å². The smallest absolute Gasteiger partial charge is 0.225 e. The average Bonchev–Trinajstić information content (AvgIpc) is 2.25. The van der Waals surface area contributed by atoms with E-state index in [9.17, 15) is 4.79 Å². The van der Waals surface area contributed by atoms with E-state index in [2.05, 4.69) is 17.2 Å². The fourth-order valence-electron chi connectivity index (χ4n) is 1.47. The van der Waals surface area contributed by atoms with E-state index in [1.54, 1.807) is 6.92 Å². The van der Waals surface area contributed by atoms with Crippen molar-refractivity contribution in [3.63, 3.8) is 0 Å². The molecule has 3 nitrogen and oxygen atoms in total. The summed E-state index contributed by atoms with van der Waals surface area (Å²) in [4.78, 5) is 11.5. The second-order valence-corrected chi connectivity index (χ2v) is 3.38. The predicted octanol–water partition coefficient (Wildman–Crippen LogP) is 0.943. The Kier molecular flexibility index (Phi) is 5.09. The first-order valence-corrected chi connectivity index (χ1v) is 5.09. The van der Waals surface area contributed by atoms with Gasteiger partial charge in [0.1, 0.15) is 0 Å².